The van der Waals surface area contributed by atoms with Gasteiger partial charge in [-0.05, 0) is 26.7 Å². The highest BCUT2D eigenvalue weighted by atomic mass is 16.4. The number of fused-ring (bicyclic) bond motifs is 1. The summed E-state index contributed by atoms with van der Waals surface area (Å²) in [5.74, 6) is -0.982. The second-order valence-electron chi connectivity index (χ2n) is 5.65. The van der Waals surface area contributed by atoms with Crippen LogP contribution < -0.4 is 5.32 Å². The number of anilines is 1. The molecule has 0 unspecified atom stereocenters. The molecule has 2 heterocycles. The van der Waals surface area contributed by atoms with Crippen molar-refractivity contribution in [2.75, 3.05) is 5.32 Å². The Balaban J connectivity index is 2.73. The Bertz CT molecular complexity index is 687. The van der Waals surface area contributed by atoms with Gasteiger partial charge in [0.1, 0.15) is 5.56 Å². The summed E-state index contributed by atoms with van der Waals surface area (Å²) in [5.41, 5.74) is 2.10. The molecule has 6 heteroatoms. The summed E-state index contributed by atoms with van der Waals surface area (Å²) in [4.78, 5) is 15.8. The number of nitrogens with zero attached hydrogens (tertiary/aromatic N) is 3. The molecule has 0 saturated carbocycles. The van der Waals surface area contributed by atoms with Crippen molar-refractivity contribution in [3.05, 3.63) is 17.5 Å². The zero-order chi connectivity index (χ0) is 15.8. The van der Waals surface area contributed by atoms with Gasteiger partial charge >= 0.3 is 5.97 Å². The highest BCUT2D eigenvalue weighted by Crippen LogP contribution is 2.32. The largest absolute Gasteiger partial charge is 0.478 e. The molecule has 21 heavy (non-hydrogen) atoms. The van der Waals surface area contributed by atoms with Crippen LogP contribution in [0.3, 0.4) is 0 Å². The number of hydrogen-bond donors (Lipinski definition) is 2. The first kappa shape index (κ1) is 15.3. The minimum absolute atomic E-state index is 0.166. The number of hydrogen-bond acceptors (Lipinski definition) is 4. The van der Waals surface area contributed by atoms with Gasteiger partial charge in [0.15, 0.2) is 5.65 Å². The molecule has 0 atom stereocenters. The van der Waals surface area contributed by atoms with Crippen LogP contribution in [0, 0.1) is 6.92 Å². The van der Waals surface area contributed by atoms with Gasteiger partial charge in [0.05, 0.1) is 16.8 Å². The second-order valence-corrected chi connectivity index (χ2v) is 5.65. The SMILES string of the molecule is CCC(C)(CC)Nc1c(C(=O)O)cnc2c1c(C)nn2C. The number of pyridine rings is 1. The molecule has 2 N–H and O–H groups in total. The number of carboxylic acids is 1. The molecular weight excluding hydrogens is 268 g/mol. The maximum atomic E-state index is 11.5. The van der Waals surface area contributed by atoms with Crippen molar-refractivity contribution in [2.45, 2.75) is 46.1 Å². The first-order valence-corrected chi connectivity index (χ1v) is 7.16. The van der Waals surface area contributed by atoms with E-state index in [0.29, 0.717) is 11.3 Å². The van der Waals surface area contributed by atoms with Crippen LogP contribution in [-0.2, 0) is 7.05 Å². The molecule has 0 bridgehead atoms. The van der Waals surface area contributed by atoms with E-state index in [1.54, 1.807) is 4.68 Å². The van der Waals surface area contributed by atoms with Crippen LogP contribution in [0.2, 0.25) is 0 Å². The zero-order valence-corrected chi connectivity index (χ0v) is 13.2. The van der Waals surface area contributed by atoms with Crippen molar-refractivity contribution in [1.29, 1.82) is 0 Å². The lowest BCUT2D eigenvalue weighted by atomic mass is 9.94. The molecule has 0 aromatic carbocycles. The Morgan fingerprint density at radius 1 is 1.43 bits per heavy atom. The van der Waals surface area contributed by atoms with Gasteiger partial charge in [0.25, 0.3) is 0 Å². The van der Waals surface area contributed by atoms with Gasteiger partial charge in [-0.3, -0.25) is 4.68 Å². The Labute approximate surface area is 124 Å². The molecule has 0 radical (unpaired) electrons. The Hall–Kier alpha value is -2.11. The molecule has 6 nitrogen and oxygen atoms in total. The van der Waals surface area contributed by atoms with Crippen molar-refractivity contribution < 1.29 is 9.90 Å². The molecular formula is C15H22N4O2. The summed E-state index contributed by atoms with van der Waals surface area (Å²) in [6.07, 6.45) is 3.19. The van der Waals surface area contributed by atoms with Crippen LogP contribution in [0.4, 0.5) is 5.69 Å². The number of rotatable bonds is 5. The fourth-order valence-electron chi connectivity index (χ4n) is 2.43. The topological polar surface area (TPSA) is 80.0 Å². The van der Waals surface area contributed by atoms with Crippen LogP contribution in [0.25, 0.3) is 11.0 Å². The zero-order valence-electron chi connectivity index (χ0n) is 13.2. The molecule has 0 aliphatic rings. The Kier molecular flexibility index (Phi) is 3.89. The standard InChI is InChI=1S/C15H22N4O2/c1-6-15(4,7-2)17-12-10(14(20)21)8-16-13-11(12)9(3)18-19(13)5/h8H,6-7H2,1-5H3,(H,16,17)(H,20,21). The van der Waals surface area contributed by atoms with Gasteiger partial charge in [-0.25, -0.2) is 9.78 Å². The number of carbonyl (C=O) groups is 1. The fourth-order valence-corrected chi connectivity index (χ4v) is 2.43. The molecule has 0 aliphatic heterocycles. The van der Waals surface area contributed by atoms with E-state index in [2.05, 4.69) is 36.2 Å². The fraction of sp³-hybridized carbons (Fsp3) is 0.533. The third-order valence-electron chi connectivity index (χ3n) is 4.25. The summed E-state index contributed by atoms with van der Waals surface area (Å²) in [6.45, 7) is 8.14. The highest BCUT2D eigenvalue weighted by Gasteiger charge is 2.26. The summed E-state index contributed by atoms with van der Waals surface area (Å²) in [7, 11) is 1.81. The lowest BCUT2D eigenvalue weighted by Gasteiger charge is -2.30. The molecule has 2 aromatic heterocycles. The van der Waals surface area contributed by atoms with Crippen LogP contribution in [-0.4, -0.2) is 31.4 Å². The molecule has 0 amide bonds. The molecule has 0 spiro atoms. The van der Waals surface area contributed by atoms with E-state index in [-0.39, 0.29) is 11.1 Å². The van der Waals surface area contributed by atoms with Crippen molar-refractivity contribution in [1.82, 2.24) is 14.8 Å². The molecule has 2 aromatic rings. The smallest absolute Gasteiger partial charge is 0.339 e. The summed E-state index contributed by atoms with van der Waals surface area (Å²) >= 11 is 0. The number of aromatic nitrogens is 3. The Morgan fingerprint density at radius 3 is 2.57 bits per heavy atom. The third kappa shape index (κ3) is 2.57. The van der Waals surface area contributed by atoms with E-state index in [1.165, 1.54) is 6.20 Å². The van der Waals surface area contributed by atoms with Crippen LogP contribution in [0.5, 0.6) is 0 Å². The average molecular weight is 290 g/mol. The molecule has 2 rings (SSSR count). The normalized spacial score (nSPS) is 11.9. The summed E-state index contributed by atoms with van der Waals surface area (Å²) in [5, 5.41) is 18.0. The van der Waals surface area contributed by atoms with Gasteiger partial charge in [0.2, 0.25) is 0 Å². The second kappa shape index (κ2) is 5.35. The van der Waals surface area contributed by atoms with Crippen LogP contribution >= 0.6 is 0 Å². The molecule has 114 valence electrons. The van der Waals surface area contributed by atoms with Gasteiger partial charge in [-0.2, -0.15) is 5.10 Å². The molecule has 0 saturated heterocycles. The van der Waals surface area contributed by atoms with Gasteiger partial charge in [-0.15, -0.1) is 0 Å². The number of nitrogens with one attached hydrogen (secondary N) is 1. The van der Waals surface area contributed by atoms with E-state index >= 15 is 0 Å². The van der Waals surface area contributed by atoms with Crippen molar-refractivity contribution in [3.8, 4) is 0 Å². The van der Waals surface area contributed by atoms with E-state index < -0.39 is 5.97 Å². The minimum Gasteiger partial charge on any atom is -0.478 e. The van der Waals surface area contributed by atoms with Gasteiger partial charge in [-0.1, -0.05) is 13.8 Å². The highest BCUT2D eigenvalue weighted by molar-refractivity contribution is 6.04. The van der Waals surface area contributed by atoms with Crippen LogP contribution in [0.15, 0.2) is 6.20 Å². The summed E-state index contributed by atoms with van der Waals surface area (Å²) < 4.78 is 1.68. The van der Waals surface area contributed by atoms with Crippen molar-refractivity contribution in [3.63, 3.8) is 0 Å². The first-order valence-electron chi connectivity index (χ1n) is 7.16. The predicted molar refractivity (Wildman–Crippen MR) is 82.8 cm³/mol. The van der Waals surface area contributed by atoms with Crippen LogP contribution in [0.1, 0.15) is 49.7 Å². The van der Waals surface area contributed by atoms with E-state index in [4.69, 9.17) is 0 Å². The quantitative estimate of drug-likeness (QED) is 0.885. The third-order valence-corrected chi connectivity index (χ3v) is 4.25. The maximum absolute atomic E-state index is 11.5. The molecule has 0 aliphatic carbocycles. The number of carboxylic acid groups (broad SMARTS) is 1. The first-order chi connectivity index (χ1) is 9.83. The van der Waals surface area contributed by atoms with Gasteiger partial charge in [0, 0.05) is 18.8 Å². The Morgan fingerprint density at radius 2 is 2.05 bits per heavy atom. The maximum Gasteiger partial charge on any atom is 0.339 e. The van der Waals surface area contributed by atoms with Crippen molar-refractivity contribution >= 4 is 22.7 Å². The van der Waals surface area contributed by atoms with E-state index in [1.807, 2.05) is 14.0 Å². The predicted octanol–water partition coefficient (Wildman–Crippen LogP) is 2.97. The van der Waals surface area contributed by atoms with Gasteiger partial charge < -0.3 is 10.4 Å². The average Bonchev–Trinajstić information content (AvgIpc) is 2.74. The monoisotopic (exact) mass is 290 g/mol. The lowest BCUT2D eigenvalue weighted by Crippen LogP contribution is -2.33. The summed E-state index contributed by atoms with van der Waals surface area (Å²) in [6, 6.07) is 0. The minimum atomic E-state index is -0.982. The lowest BCUT2D eigenvalue weighted by molar-refractivity contribution is 0.0697. The van der Waals surface area contributed by atoms with E-state index in [9.17, 15) is 9.90 Å². The van der Waals surface area contributed by atoms with Crippen molar-refractivity contribution in [2.24, 2.45) is 7.05 Å². The van der Waals surface area contributed by atoms with E-state index in [0.717, 1.165) is 23.9 Å². The number of aryl methyl sites for hydroxylation is 2. The number of aromatic carboxylic acids is 1. The molecule has 0 fully saturated rings.